The van der Waals surface area contributed by atoms with Crippen molar-refractivity contribution < 1.29 is 37.5 Å². The zero-order valence-electron chi connectivity index (χ0n) is 13.6. The number of phosphoric ester groups is 1. The smallest absolute Gasteiger partial charge is 0.394 e. The van der Waals surface area contributed by atoms with Crippen LogP contribution in [0.2, 0.25) is 0 Å². The fourth-order valence-corrected chi connectivity index (χ4v) is 4.90. The summed E-state index contributed by atoms with van der Waals surface area (Å²) in [5.41, 5.74) is 0. The highest BCUT2D eigenvalue weighted by Gasteiger charge is 2.52. The Morgan fingerprint density at radius 1 is 1.26 bits per heavy atom. The van der Waals surface area contributed by atoms with E-state index in [0.717, 1.165) is 6.42 Å². The van der Waals surface area contributed by atoms with Crippen LogP contribution in [-0.2, 0) is 32.3 Å². The van der Waals surface area contributed by atoms with E-state index in [0.29, 0.717) is 0 Å². The molecule has 3 aliphatic rings. The molecule has 0 aromatic rings. The van der Waals surface area contributed by atoms with Gasteiger partial charge < -0.3 is 19.3 Å². The van der Waals surface area contributed by atoms with Crippen LogP contribution >= 0.6 is 7.82 Å². The first-order chi connectivity index (χ1) is 11.0. The summed E-state index contributed by atoms with van der Waals surface area (Å²) in [4.78, 5) is 0. The second-order valence-corrected chi connectivity index (χ2v) is 7.95. The third-order valence-corrected chi connectivity index (χ3v) is 6.15. The van der Waals surface area contributed by atoms with E-state index in [2.05, 4.69) is 0 Å². The van der Waals surface area contributed by atoms with Crippen molar-refractivity contribution in [2.75, 3.05) is 26.9 Å². The van der Waals surface area contributed by atoms with Crippen LogP contribution < -0.4 is 0 Å². The van der Waals surface area contributed by atoms with Crippen LogP contribution in [0, 0.1) is 5.92 Å². The van der Waals surface area contributed by atoms with Gasteiger partial charge in [-0.25, -0.2) is 4.57 Å². The molecule has 0 aromatic heterocycles. The number of methoxy groups -OCH3 is 1. The van der Waals surface area contributed by atoms with Gasteiger partial charge in [-0.2, -0.15) is 0 Å². The molecule has 0 radical (unpaired) electrons. The van der Waals surface area contributed by atoms with Crippen molar-refractivity contribution in [2.24, 2.45) is 5.92 Å². The Morgan fingerprint density at radius 2 is 2.04 bits per heavy atom. The van der Waals surface area contributed by atoms with Gasteiger partial charge in [0.15, 0.2) is 0 Å². The topological polar surface area (TPSA) is 92.7 Å². The molecule has 0 saturated carbocycles. The van der Waals surface area contributed by atoms with Crippen molar-refractivity contribution >= 4 is 7.82 Å². The number of aliphatic hydroxyl groups is 1. The van der Waals surface area contributed by atoms with Crippen LogP contribution in [0.4, 0.5) is 0 Å². The van der Waals surface area contributed by atoms with Crippen molar-refractivity contribution in [1.29, 1.82) is 0 Å². The van der Waals surface area contributed by atoms with Crippen molar-refractivity contribution in [3.05, 3.63) is 0 Å². The number of phosphoric acid groups is 1. The van der Waals surface area contributed by atoms with E-state index in [9.17, 15) is 9.67 Å². The van der Waals surface area contributed by atoms with Gasteiger partial charge in [0.2, 0.25) is 0 Å². The fourth-order valence-electron chi connectivity index (χ4n) is 3.42. The highest BCUT2D eigenvalue weighted by Crippen LogP contribution is 2.57. The largest absolute Gasteiger partial charge is 0.475 e. The standard InChI is InChI=1S/C14H25O8P/c1-8-4-11(17-3)13(20-8)7-19-23(16)18-6-10-9(2)21-12(5-15)14(10)22-23/h8-15H,4-7H2,1-3H3/t8-,9-,10-,11-,12+,13+,14-,23?/m0/s1. The third-order valence-electron chi connectivity index (χ3n) is 4.72. The Labute approximate surface area is 135 Å². The predicted octanol–water partition coefficient (Wildman–Crippen LogP) is 1.11. The first-order valence-corrected chi connectivity index (χ1v) is 9.44. The average Bonchev–Trinajstić information content (AvgIpc) is 3.04. The molecule has 1 unspecified atom stereocenters. The quantitative estimate of drug-likeness (QED) is 0.736. The highest BCUT2D eigenvalue weighted by molar-refractivity contribution is 7.48. The van der Waals surface area contributed by atoms with E-state index in [1.165, 1.54) is 0 Å². The van der Waals surface area contributed by atoms with Gasteiger partial charge in [0.05, 0.1) is 38.1 Å². The molecule has 3 saturated heterocycles. The summed E-state index contributed by atoms with van der Waals surface area (Å²) >= 11 is 0. The van der Waals surface area contributed by atoms with E-state index in [1.807, 2.05) is 13.8 Å². The molecule has 3 heterocycles. The molecule has 3 rings (SSSR count). The maximum absolute atomic E-state index is 12.7. The van der Waals surface area contributed by atoms with Gasteiger partial charge in [-0.05, 0) is 13.8 Å². The number of fused-ring (bicyclic) bond motifs is 1. The van der Waals surface area contributed by atoms with Gasteiger partial charge in [-0.3, -0.25) is 13.6 Å². The van der Waals surface area contributed by atoms with Gasteiger partial charge in [-0.1, -0.05) is 0 Å². The van der Waals surface area contributed by atoms with Crippen LogP contribution in [0.5, 0.6) is 0 Å². The molecule has 0 aliphatic carbocycles. The molecule has 23 heavy (non-hydrogen) atoms. The van der Waals surface area contributed by atoms with Crippen LogP contribution in [0.1, 0.15) is 20.3 Å². The van der Waals surface area contributed by atoms with Crippen LogP contribution in [0.3, 0.4) is 0 Å². The second-order valence-electron chi connectivity index (χ2n) is 6.33. The number of aliphatic hydroxyl groups excluding tert-OH is 1. The summed E-state index contributed by atoms with van der Waals surface area (Å²) in [6.45, 7) is 3.93. The highest BCUT2D eigenvalue weighted by atomic mass is 31.2. The van der Waals surface area contributed by atoms with E-state index in [1.54, 1.807) is 7.11 Å². The molecule has 0 amide bonds. The maximum Gasteiger partial charge on any atom is 0.475 e. The van der Waals surface area contributed by atoms with Crippen molar-refractivity contribution in [1.82, 2.24) is 0 Å². The van der Waals surface area contributed by atoms with Crippen LogP contribution in [0.15, 0.2) is 0 Å². The molecule has 9 heteroatoms. The molecule has 3 fully saturated rings. The Kier molecular flexibility index (Phi) is 5.45. The van der Waals surface area contributed by atoms with E-state index in [-0.39, 0.29) is 50.2 Å². The molecule has 0 spiro atoms. The monoisotopic (exact) mass is 352 g/mol. The molecule has 0 bridgehead atoms. The van der Waals surface area contributed by atoms with Crippen LogP contribution in [0.25, 0.3) is 0 Å². The van der Waals surface area contributed by atoms with Crippen molar-refractivity contribution in [3.8, 4) is 0 Å². The lowest BCUT2D eigenvalue weighted by Crippen LogP contribution is -2.38. The fraction of sp³-hybridized carbons (Fsp3) is 1.00. The lowest BCUT2D eigenvalue weighted by Gasteiger charge is -2.33. The lowest BCUT2D eigenvalue weighted by atomic mass is 9.98. The van der Waals surface area contributed by atoms with Gasteiger partial charge in [0.1, 0.15) is 18.3 Å². The van der Waals surface area contributed by atoms with Crippen molar-refractivity contribution in [3.63, 3.8) is 0 Å². The summed E-state index contributed by atoms with van der Waals surface area (Å²) in [5.74, 6) is -0.0627. The molecule has 3 aliphatic heterocycles. The predicted molar refractivity (Wildman–Crippen MR) is 79.0 cm³/mol. The van der Waals surface area contributed by atoms with Crippen LogP contribution in [-0.4, -0.2) is 68.7 Å². The third kappa shape index (κ3) is 3.65. The first-order valence-electron chi connectivity index (χ1n) is 7.98. The Morgan fingerprint density at radius 3 is 2.74 bits per heavy atom. The van der Waals surface area contributed by atoms with Gasteiger partial charge >= 0.3 is 7.82 Å². The van der Waals surface area contributed by atoms with E-state index in [4.69, 9.17) is 27.8 Å². The Bertz CT molecular complexity index is 460. The summed E-state index contributed by atoms with van der Waals surface area (Å²) in [5, 5.41) is 9.38. The molecule has 8 nitrogen and oxygen atoms in total. The Balaban J connectivity index is 1.59. The zero-order chi connectivity index (χ0) is 16.6. The number of rotatable bonds is 5. The summed E-state index contributed by atoms with van der Waals surface area (Å²) in [7, 11) is -2.08. The Hall–Kier alpha value is -0.0500. The zero-order valence-corrected chi connectivity index (χ0v) is 14.5. The minimum Gasteiger partial charge on any atom is -0.394 e. The number of hydrogen-bond acceptors (Lipinski definition) is 8. The normalized spacial score (nSPS) is 50.2. The SMILES string of the molecule is CO[C@H]1C[C@H](C)O[C@@H]1COP1(=O)OC[C@@H]2[C@H](O1)[C@@H](CO)O[C@H]2C. The minimum atomic E-state index is -3.70. The first kappa shape index (κ1) is 17.8. The van der Waals surface area contributed by atoms with Gasteiger partial charge in [0, 0.05) is 19.4 Å². The van der Waals surface area contributed by atoms with E-state index < -0.39 is 20.0 Å². The second kappa shape index (κ2) is 7.06. The van der Waals surface area contributed by atoms with Gasteiger partial charge in [-0.15, -0.1) is 0 Å². The molecule has 134 valence electrons. The minimum absolute atomic E-state index is 0.0627. The van der Waals surface area contributed by atoms with Gasteiger partial charge in [0.25, 0.3) is 0 Å². The lowest BCUT2D eigenvalue weighted by molar-refractivity contribution is -0.0564. The molecular weight excluding hydrogens is 327 g/mol. The molecule has 1 N–H and O–H groups in total. The summed E-state index contributed by atoms with van der Waals surface area (Å²) in [6, 6.07) is 0. The van der Waals surface area contributed by atoms with E-state index >= 15 is 0 Å². The molecule has 0 aromatic carbocycles. The summed E-state index contributed by atoms with van der Waals surface area (Å²) in [6.07, 6.45) is -0.703. The number of ether oxygens (including phenoxy) is 3. The molecule has 8 atom stereocenters. The summed E-state index contributed by atoms with van der Waals surface area (Å²) < 4.78 is 45.7. The molecular formula is C14H25O8P. The maximum atomic E-state index is 12.7. The number of hydrogen-bond donors (Lipinski definition) is 1. The van der Waals surface area contributed by atoms with Crippen molar-refractivity contribution in [2.45, 2.75) is 56.9 Å². The average molecular weight is 352 g/mol.